The summed E-state index contributed by atoms with van der Waals surface area (Å²) in [6, 6.07) is 9.72. The van der Waals surface area contributed by atoms with Gasteiger partial charge in [0, 0.05) is 12.0 Å². The fourth-order valence-corrected chi connectivity index (χ4v) is 2.46. The van der Waals surface area contributed by atoms with Gasteiger partial charge in [0.2, 0.25) is 0 Å². The molecular weight excluding hydrogens is 299 g/mol. The number of carbonyl (C=O) groups excluding carboxylic acids is 1. The van der Waals surface area contributed by atoms with E-state index in [2.05, 4.69) is 9.97 Å². The van der Waals surface area contributed by atoms with Gasteiger partial charge in [-0.15, -0.1) is 0 Å². The summed E-state index contributed by atoms with van der Waals surface area (Å²) in [6.07, 6.45) is 0.262. The fourth-order valence-electron chi connectivity index (χ4n) is 2.46. The number of nitrogens with one attached hydrogen (secondary N) is 1. The van der Waals surface area contributed by atoms with Gasteiger partial charge in [0.05, 0.1) is 30.8 Å². The molecule has 3 rings (SSSR count). The number of H-pyrrole nitrogens is 1. The Bertz CT molecular complexity index is 873. The largest absolute Gasteiger partial charge is 0.496 e. The summed E-state index contributed by atoms with van der Waals surface area (Å²) in [6.45, 7) is 0. The lowest BCUT2D eigenvalue weighted by atomic mass is 10.1. The number of aromatic amines is 1. The van der Waals surface area contributed by atoms with Crippen LogP contribution in [0.4, 0.5) is 4.39 Å². The predicted octanol–water partition coefficient (Wildman–Crippen LogP) is 3.09. The molecule has 0 bridgehead atoms. The van der Waals surface area contributed by atoms with E-state index in [4.69, 9.17) is 9.47 Å². The number of methoxy groups -OCH3 is 2. The minimum atomic E-state index is -0.424. The SMILES string of the molecule is COC(=O)c1ccc2[nH]c(Cc3c(F)cccc3OC)nc2c1. The molecular formula is C17H15FN2O3. The van der Waals surface area contributed by atoms with Gasteiger partial charge in [0.25, 0.3) is 0 Å². The molecule has 5 nitrogen and oxygen atoms in total. The first-order chi connectivity index (χ1) is 11.1. The maximum absolute atomic E-state index is 14.0. The number of aromatic nitrogens is 2. The molecule has 0 atom stereocenters. The Hall–Kier alpha value is -2.89. The zero-order chi connectivity index (χ0) is 16.4. The molecule has 0 aliphatic rings. The van der Waals surface area contributed by atoms with E-state index >= 15 is 0 Å². The second kappa shape index (κ2) is 6.08. The molecule has 1 N–H and O–H groups in total. The fraction of sp³-hybridized carbons (Fsp3) is 0.176. The minimum absolute atomic E-state index is 0.262. The number of halogens is 1. The molecule has 2 aromatic carbocycles. The van der Waals surface area contributed by atoms with Crippen LogP contribution in [0.15, 0.2) is 36.4 Å². The highest BCUT2D eigenvalue weighted by Crippen LogP contribution is 2.24. The number of benzene rings is 2. The number of esters is 1. The number of ether oxygens (including phenoxy) is 2. The molecule has 0 aliphatic heterocycles. The summed E-state index contributed by atoms with van der Waals surface area (Å²) in [5, 5.41) is 0. The third kappa shape index (κ3) is 2.88. The van der Waals surface area contributed by atoms with Crippen molar-refractivity contribution in [2.75, 3.05) is 14.2 Å². The van der Waals surface area contributed by atoms with Gasteiger partial charge in [-0.1, -0.05) is 6.07 Å². The lowest BCUT2D eigenvalue weighted by Gasteiger charge is -2.07. The number of nitrogens with zero attached hydrogens (tertiary/aromatic N) is 1. The molecule has 0 aliphatic carbocycles. The Labute approximate surface area is 132 Å². The maximum atomic E-state index is 14.0. The highest BCUT2D eigenvalue weighted by Gasteiger charge is 2.13. The number of rotatable bonds is 4. The van der Waals surface area contributed by atoms with Crippen molar-refractivity contribution in [2.45, 2.75) is 6.42 Å². The quantitative estimate of drug-likeness (QED) is 0.752. The summed E-state index contributed by atoms with van der Waals surface area (Å²) in [5.74, 6) is 0.290. The van der Waals surface area contributed by atoms with Gasteiger partial charge in [0.1, 0.15) is 17.4 Å². The summed E-state index contributed by atoms with van der Waals surface area (Å²) < 4.78 is 23.9. The molecule has 0 fully saturated rings. The molecule has 1 heterocycles. The first-order valence-electron chi connectivity index (χ1n) is 7.00. The van der Waals surface area contributed by atoms with Crippen molar-refractivity contribution in [1.82, 2.24) is 9.97 Å². The summed E-state index contributed by atoms with van der Waals surface area (Å²) in [5.41, 5.74) is 2.24. The van der Waals surface area contributed by atoms with Gasteiger partial charge in [0.15, 0.2) is 0 Å². The van der Waals surface area contributed by atoms with Gasteiger partial charge < -0.3 is 14.5 Å². The van der Waals surface area contributed by atoms with Crippen LogP contribution >= 0.6 is 0 Å². The highest BCUT2D eigenvalue weighted by atomic mass is 19.1. The Morgan fingerprint density at radius 3 is 2.83 bits per heavy atom. The second-order valence-corrected chi connectivity index (χ2v) is 5.00. The van der Waals surface area contributed by atoms with E-state index in [9.17, 15) is 9.18 Å². The van der Waals surface area contributed by atoms with E-state index in [0.717, 1.165) is 5.52 Å². The minimum Gasteiger partial charge on any atom is -0.496 e. The summed E-state index contributed by atoms with van der Waals surface area (Å²) in [7, 11) is 2.83. The molecule has 118 valence electrons. The molecule has 0 saturated carbocycles. The van der Waals surface area contributed by atoms with Crippen LogP contribution in [0.25, 0.3) is 11.0 Å². The van der Waals surface area contributed by atoms with Gasteiger partial charge in [-0.05, 0) is 30.3 Å². The van der Waals surface area contributed by atoms with E-state index in [-0.39, 0.29) is 12.2 Å². The van der Waals surface area contributed by atoms with Crippen LogP contribution < -0.4 is 4.74 Å². The molecule has 0 radical (unpaired) electrons. The van der Waals surface area contributed by atoms with Crippen LogP contribution in [0, 0.1) is 5.82 Å². The van der Waals surface area contributed by atoms with E-state index in [1.54, 1.807) is 30.3 Å². The highest BCUT2D eigenvalue weighted by molar-refractivity contribution is 5.93. The third-order valence-corrected chi connectivity index (χ3v) is 3.59. The van der Waals surface area contributed by atoms with Crippen molar-refractivity contribution in [3.63, 3.8) is 0 Å². The molecule has 0 amide bonds. The Balaban J connectivity index is 1.97. The monoisotopic (exact) mass is 314 g/mol. The van der Waals surface area contributed by atoms with Gasteiger partial charge in [-0.3, -0.25) is 0 Å². The Kier molecular flexibility index (Phi) is 3.97. The molecule has 0 saturated heterocycles. The van der Waals surface area contributed by atoms with Crippen LogP contribution in [0.2, 0.25) is 0 Å². The van der Waals surface area contributed by atoms with Crippen molar-refractivity contribution >= 4 is 17.0 Å². The average Bonchev–Trinajstić information content (AvgIpc) is 2.97. The Morgan fingerprint density at radius 1 is 1.26 bits per heavy atom. The first kappa shape index (κ1) is 15.0. The van der Waals surface area contributed by atoms with Gasteiger partial charge in [-0.2, -0.15) is 0 Å². The van der Waals surface area contributed by atoms with Gasteiger partial charge >= 0.3 is 5.97 Å². The molecule has 23 heavy (non-hydrogen) atoms. The molecule has 0 unspecified atom stereocenters. The van der Waals surface area contributed by atoms with E-state index in [1.165, 1.54) is 20.3 Å². The van der Waals surface area contributed by atoms with Crippen molar-refractivity contribution in [3.05, 3.63) is 59.2 Å². The average molecular weight is 314 g/mol. The summed E-state index contributed by atoms with van der Waals surface area (Å²) in [4.78, 5) is 19.1. The van der Waals surface area contributed by atoms with Crippen LogP contribution in [0.3, 0.4) is 0 Å². The van der Waals surface area contributed by atoms with Crippen molar-refractivity contribution in [2.24, 2.45) is 0 Å². The van der Waals surface area contributed by atoms with Crippen molar-refractivity contribution < 1.29 is 18.7 Å². The third-order valence-electron chi connectivity index (χ3n) is 3.59. The molecule has 0 spiro atoms. The maximum Gasteiger partial charge on any atom is 0.337 e. The van der Waals surface area contributed by atoms with E-state index in [1.807, 2.05) is 0 Å². The smallest absolute Gasteiger partial charge is 0.337 e. The van der Waals surface area contributed by atoms with Crippen LogP contribution in [0.5, 0.6) is 5.75 Å². The molecule has 1 aromatic heterocycles. The number of fused-ring (bicyclic) bond motifs is 1. The zero-order valence-electron chi connectivity index (χ0n) is 12.7. The standard InChI is InChI=1S/C17H15FN2O3/c1-22-15-5-3-4-12(18)11(15)9-16-19-13-7-6-10(17(21)23-2)8-14(13)20-16/h3-8H,9H2,1-2H3,(H,19,20). The lowest BCUT2D eigenvalue weighted by Crippen LogP contribution is -2.00. The topological polar surface area (TPSA) is 64.2 Å². The first-order valence-corrected chi connectivity index (χ1v) is 7.00. The van der Waals surface area contributed by atoms with E-state index < -0.39 is 5.97 Å². The number of carbonyl (C=O) groups is 1. The van der Waals surface area contributed by atoms with Crippen molar-refractivity contribution in [1.29, 1.82) is 0 Å². The molecule has 3 aromatic rings. The number of imidazole rings is 1. The molecule has 6 heteroatoms. The van der Waals surface area contributed by atoms with Crippen molar-refractivity contribution in [3.8, 4) is 5.75 Å². The zero-order valence-corrected chi connectivity index (χ0v) is 12.7. The lowest BCUT2D eigenvalue weighted by molar-refractivity contribution is 0.0601. The second-order valence-electron chi connectivity index (χ2n) is 5.00. The van der Waals surface area contributed by atoms with Crippen LogP contribution in [-0.4, -0.2) is 30.2 Å². The van der Waals surface area contributed by atoms with E-state index in [0.29, 0.717) is 28.2 Å². The predicted molar refractivity (Wildman–Crippen MR) is 83.2 cm³/mol. The number of hydrogen-bond donors (Lipinski definition) is 1. The van der Waals surface area contributed by atoms with Gasteiger partial charge in [-0.25, -0.2) is 14.2 Å². The number of hydrogen-bond acceptors (Lipinski definition) is 4. The Morgan fingerprint density at radius 2 is 2.09 bits per heavy atom. The normalized spacial score (nSPS) is 10.7. The van der Waals surface area contributed by atoms with Crippen LogP contribution in [-0.2, 0) is 11.2 Å². The van der Waals surface area contributed by atoms with Crippen LogP contribution in [0.1, 0.15) is 21.7 Å². The summed E-state index contributed by atoms with van der Waals surface area (Å²) >= 11 is 0.